The Morgan fingerprint density at radius 2 is 2.16 bits per heavy atom. The van der Waals surface area contributed by atoms with Crippen LogP contribution in [0.1, 0.15) is 22.1 Å². The highest BCUT2D eigenvalue weighted by Crippen LogP contribution is 2.19. The molecule has 0 amide bonds. The normalized spacial score (nSPS) is 12.4. The average Bonchev–Trinajstić information content (AvgIpc) is 2.92. The van der Waals surface area contributed by atoms with Crippen molar-refractivity contribution in [2.24, 2.45) is 0 Å². The Balaban J connectivity index is 2.33. The fourth-order valence-electron chi connectivity index (χ4n) is 2.66. The van der Waals surface area contributed by atoms with Crippen molar-refractivity contribution in [3.8, 4) is 0 Å². The van der Waals surface area contributed by atoms with Gasteiger partial charge in [-0.05, 0) is 13.0 Å². The lowest BCUT2D eigenvalue weighted by molar-refractivity contribution is -0.140. The Morgan fingerprint density at radius 3 is 2.76 bits per heavy atom. The maximum Gasteiger partial charge on any atom is 0.343 e. The second kappa shape index (κ2) is 6.20. The third kappa shape index (κ3) is 2.54. The molecule has 3 rings (SSSR count). The first-order valence-electron chi connectivity index (χ1n) is 7.21. The number of aromatic nitrogens is 4. The predicted octanol–water partition coefficient (Wildman–Crippen LogP) is 0.695. The third-order valence-electron chi connectivity index (χ3n) is 3.90. The number of pyridine rings is 1. The standard InChI is InChI=1S/C15H14N4O5S/c1-7-11(15(23)24-2)12-16-5-8-9(19(12)17-7)3-4-18(13(8)20)10(6-25)14(21)22/h3-5,10,25H,6H2,1-2H3,(H,21,22). The molecule has 0 radical (unpaired) electrons. The zero-order valence-corrected chi connectivity index (χ0v) is 14.2. The first-order chi connectivity index (χ1) is 11.9. The number of carboxylic acids is 1. The van der Waals surface area contributed by atoms with E-state index in [-0.39, 0.29) is 22.3 Å². The first kappa shape index (κ1) is 17.0. The van der Waals surface area contributed by atoms with E-state index in [0.717, 1.165) is 4.57 Å². The molecule has 0 saturated carbocycles. The second-order valence-electron chi connectivity index (χ2n) is 5.31. The number of carboxylic acid groups (broad SMARTS) is 1. The summed E-state index contributed by atoms with van der Waals surface area (Å²) in [5, 5.41) is 13.7. The molecule has 3 aromatic heterocycles. The van der Waals surface area contributed by atoms with E-state index in [9.17, 15) is 19.5 Å². The van der Waals surface area contributed by atoms with E-state index in [1.165, 1.54) is 24.0 Å². The molecule has 0 saturated heterocycles. The molecule has 0 aliphatic carbocycles. The van der Waals surface area contributed by atoms with Gasteiger partial charge in [0, 0.05) is 18.1 Å². The van der Waals surface area contributed by atoms with Gasteiger partial charge in [0.25, 0.3) is 5.56 Å². The first-order valence-corrected chi connectivity index (χ1v) is 7.85. The molecule has 3 aromatic rings. The summed E-state index contributed by atoms with van der Waals surface area (Å²) in [6, 6.07) is 0.457. The summed E-state index contributed by atoms with van der Waals surface area (Å²) in [6.45, 7) is 1.63. The molecule has 0 aromatic carbocycles. The smallest absolute Gasteiger partial charge is 0.343 e. The van der Waals surface area contributed by atoms with Gasteiger partial charge in [0.2, 0.25) is 0 Å². The van der Waals surface area contributed by atoms with Gasteiger partial charge < -0.3 is 9.84 Å². The molecular formula is C15H14N4O5S. The van der Waals surface area contributed by atoms with Gasteiger partial charge in [-0.25, -0.2) is 19.1 Å². The van der Waals surface area contributed by atoms with E-state index >= 15 is 0 Å². The summed E-state index contributed by atoms with van der Waals surface area (Å²) in [5.41, 5.74) is 0.772. The van der Waals surface area contributed by atoms with Gasteiger partial charge in [-0.2, -0.15) is 17.7 Å². The van der Waals surface area contributed by atoms with Gasteiger partial charge in [-0.15, -0.1) is 0 Å². The van der Waals surface area contributed by atoms with Crippen molar-refractivity contribution in [3.63, 3.8) is 0 Å². The van der Waals surface area contributed by atoms with Crippen molar-refractivity contribution in [2.45, 2.75) is 13.0 Å². The van der Waals surface area contributed by atoms with Gasteiger partial charge in [-0.1, -0.05) is 0 Å². The number of carbonyl (C=O) groups excluding carboxylic acids is 1. The van der Waals surface area contributed by atoms with Crippen molar-refractivity contribution in [3.05, 3.63) is 40.1 Å². The Bertz CT molecular complexity index is 1070. The summed E-state index contributed by atoms with van der Waals surface area (Å²) < 4.78 is 7.20. The number of aryl methyl sites for hydroxylation is 1. The maximum absolute atomic E-state index is 12.7. The fourth-order valence-corrected chi connectivity index (χ4v) is 2.99. The largest absolute Gasteiger partial charge is 0.480 e. The van der Waals surface area contributed by atoms with Gasteiger partial charge in [0.05, 0.1) is 23.7 Å². The Labute approximate surface area is 146 Å². The SMILES string of the molecule is COC(=O)c1c(C)nn2c1ncc1c(=O)n(C(CS)C(=O)O)ccc12. The number of aliphatic carboxylic acids is 1. The molecule has 25 heavy (non-hydrogen) atoms. The number of rotatable bonds is 4. The highest BCUT2D eigenvalue weighted by molar-refractivity contribution is 7.80. The van der Waals surface area contributed by atoms with E-state index in [2.05, 4.69) is 22.7 Å². The van der Waals surface area contributed by atoms with Gasteiger partial charge >= 0.3 is 11.9 Å². The van der Waals surface area contributed by atoms with E-state index in [4.69, 9.17) is 4.74 Å². The highest BCUT2D eigenvalue weighted by Gasteiger charge is 2.23. The molecule has 1 N–H and O–H groups in total. The molecule has 0 aliphatic heterocycles. The van der Waals surface area contributed by atoms with E-state index in [0.29, 0.717) is 11.2 Å². The van der Waals surface area contributed by atoms with E-state index in [1.54, 1.807) is 13.0 Å². The number of esters is 1. The number of fused-ring (bicyclic) bond motifs is 3. The van der Waals surface area contributed by atoms with Gasteiger partial charge in [0.1, 0.15) is 11.6 Å². The van der Waals surface area contributed by atoms with Crippen molar-refractivity contribution in [1.29, 1.82) is 0 Å². The Morgan fingerprint density at radius 1 is 1.44 bits per heavy atom. The number of ether oxygens (including phenoxy) is 1. The summed E-state index contributed by atoms with van der Waals surface area (Å²) in [4.78, 5) is 40.0. The van der Waals surface area contributed by atoms with Crippen molar-refractivity contribution >= 4 is 41.1 Å². The van der Waals surface area contributed by atoms with Crippen LogP contribution in [-0.4, -0.2) is 49.1 Å². The average molecular weight is 362 g/mol. The van der Waals surface area contributed by atoms with E-state index < -0.39 is 23.5 Å². The lowest BCUT2D eigenvalue weighted by atomic mass is 10.2. The number of methoxy groups -OCH3 is 1. The molecule has 1 atom stereocenters. The lowest BCUT2D eigenvalue weighted by Crippen LogP contribution is -2.31. The predicted molar refractivity (Wildman–Crippen MR) is 91.4 cm³/mol. The quantitative estimate of drug-likeness (QED) is 0.518. The van der Waals surface area contributed by atoms with Crippen LogP contribution in [0, 0.1) is 6.92 Å². The number of nitrogens with zero attached hydrogens (tertiary/aromatic N) is 4. The topological polar surface area (TPSA) is 116 Å². The second-order valence-corrected chi connectivity index (χ2v) is 5.67. The maximum atomic E-state index is 12.7. The fraction of sp³-hybridized carbons (Fsp3) is 0.267. The zero-order chi connectivity index (χ0) is 18.3. The van der Waals surface area contributed by atoms with Gasteiger partial charge in [0.15, 0.2) is 5.65 Å². The lowest BCUT2D eigenvalue weighted by Gasteiger charge is -2.13. The zero-order valence-electron chi connectivity index (χ0n) is 13.3. The summed E-state index contributed by atoms with van der Waals surface area (Å²) in [7, 11) is 1.26. The van der Waals surface area contributed by atoms with E-state index in [1.807, 2.05) is 0 Å². The van der Waals surface area contributed by atoms with Crippen LogP contribution in [-0.2, 0) is 9.53 Å². The molecule has 0 fully saturated rings. The molecule has 10 heteroatoms. The number of thiol groups is 1. The Hall–Kier alpha value is -2.88. The number of hydrogen-bond acceptors (Lipinski definition) is 7. The van der Waals surface area contributed by atoms with Crippen LogP contribution in [0.5, 0.6) is 0 Å². The van der Waals surface area contributed by atoms with Crippen LogP contribution in [0.3, 0.4) is 0 Å². The highest BCUT2D eigenvalue weighted by atomic mass is 32.1. The molecule has 1 unspecified atom stereocenters. The molecule has 3 heterocycles. The Kier molecular flexibility index (Phi) is 4.21. The number of carbonyl (C=O) groups is 2. The summed E-state index contributed by atoms with van der Waals surface area (Å²) >= 11 is 3.99. The van der Waals surface area contributed by atoms with Gasteiger partial charge in [-0.3, -0.25) is 9.36 Å². The molecule has 0 spiro atoms. The van der Waals surface area contributed by atoms with Crippen LogP contribution in [0.2, 0.25) is 0 Å². The van der Waals surface area contributed by atoms with Crippen LogP contribution in [0.15, 0.2) is 23.3 Å². The third-order valence-corrected chi connectivity index (χ3v) is 4.24. The molecular weight excluding hydrogens is 348 g/mol. The summed E-state index contributed by atoms with van der Waals surface area (Å²) in [6.07, 6.45) is 2.67. The van der Waals surface area contributed by atoms with Crippen LogP contribution >= 0.6 is 12.6 Å². The minimum absolute atomic E-state index is 0.0379. The minimum Gasteiger partial charge on any atom is -0.480 e. The molecule has 130 valence electrons. The summed E-state index contributed by atoms with van der Waals surface area (Å²) in [5.74, 6) is -1.77. The monoisotopic (exact) mass is 362 g/mol. The molecule has 0 aliphatic rings. The van der Waals surface area contributed by atoms with Crippen molar-refractivity contribution < 1.29 is 19.4 Å². The van der Waals surface area contributed by atoms with Crippen molar-refractivity contribution in [2.75, 3.05) is 12.9 Å². The van der Waals surface area contributed by atoms with Crippen LogP contribution < -0.4 is 5.56 Å². The van der Waals surface area contributed by atoms with Crippen LogP contribution in [0.25, 0.3) is 16.6 Å². The number of hydrogen-bond donors (Lipinski definition) is 2. The van der Waals surface area contributed by atoms with Crippen LogP contribution in [0.4, 0.5) is 0 Å². The minimum atomic E-state index is -1.16. The van der Waals surface area contributed by atoms with Crippen molar-refractivity contribution in [1.82, 2.24) is 19.2 Å². The molecule has 9 nitrogen and oxygen atoms in total. The molecule has 0 bridgehead atoms.